The Morgan fingerprint density at radius 1 is 0.914 bits per heavy atom. The van der Waals surface area contributed by atoms with Gasteiger partial charge >= 0.3 is 0 Å². The predicted molar refractivity (Wildman–Crippen MR) is 153 cm³/mol. The molecule has 3 aromatic carbocycles. The van der Waals surface area contributed by atoms with Crippen molar-refractivity contribution >= 4 is 32.3 Å². The van der Waals surface area contributed by atoms with Crippen molar-refractivity contribution in [2.24, 2.45) is 0 Å². The van der Waals surface area contributed by atoms with Crippen LogP contribution in [0, 0.1) is 20.8 Å². The second kappa shape index (κ2) is 8.57. The quantitative estimate of drug-likeness (QED) is 0.257. The minimum Gasteiger partial charge on any atom is -0.235 e. The summed E-state index contributed by atoms with van der Waals surface area (Å²) in [7, 11) is 0. The van der Waals surface area contributed by atoms with Crippen molar-refractivity contribution in [3.63, 3.8) is 0 Å². The highest BCUT2D eigenvalue weighted by atomic mass is 32.1. The molecule has 2 aromatic heterocycles. The van der Waals surface area contributed by atoms with Gasteiger partial charge in [0.25, 0.3) is 0 Å². The molecule has 0 aliphatic carbocycles. The fourth-order valence-electron chi connectivity index (χ4n) is 5.41. The largest absolute Gasteiger partial charge is 0.235 e. The summed E-state index contributed by atoms with van der Waals surface area (Å²) < 4.78 is 9.62. The summed E-state index contributed by atoms with van der Waals surface area (Å²) in [6.07, 6.45) is 0.0755. The summed E-state index contributed by atoms with van der Waals surface area (Å²) in [5.74, 6) is 0.276. The zero-order valence-electron chi connectivity index (χ0n) is 23.0. The van der Waals surface area contributed by atoms with Crippen molar-refractivity contribution in [3.8, 4) is 21.7 Å². The lowest BCUT2D eigenvalue weighted by atomic mass is 9.82. The number of rotatable bonds is 3. The van der Waals surface area contributed by atoms with Crippen molar-refractivity contribution in [2.75, 3.05) is 0 Å². The molecule has 0 amide bonds. The molecule has 178 valence electrons. The summed E-state index contributed by atoms with van der Waals surface area (Å²) in [6.45, 7) is 17.8. The van der Waals surface area contributed by atoms with Crippen LogP contribution in [0.15, 0.2) is 54.8 Å². The van der Waals surface area contributed by atoms with Gasteiger partial charge in [0.05, 0.1) is 15.9 Å². The Morgan fingerprint density at radius 3 is 2.26 bits per heavy atom. The van der Waals surface area contributed by atoms with Crippen LogP contribution in [0.5, 0.6) is 0 Å². The van der Waals surface area contributed by atoms with Gasteiger partial charge in [-0.15, -0.1) is 11.3 Å². The first-order valence-corrected chi connectivity index (χ1v) is 13.2. The van der Waals surface area contributed by atoms with Gasteiger partial charge in [-0.05, 0) is 82.8 Å². The zero-order valence-corrected chi connectivity index (χ0v) is 22.8. The van der Waals surface area contributed by atoms with E-state index in [1.165, 1.54) is 49.0 Å². The van der Waals surface area contributed by atoms with Crippen LogP contribution in [0.1, 0.15) is 69.7 Å². The highest BCUT2D eigenvalue weighted by molar-refractivity contribution is 7.23. The lowest BCUT2D eigenvalue weighted by molar-refractivity contribution is 0.596. The maximum absolute atomic E-state index is 8.55. The highest BCUT2D eigenvalue weighted by Crippen LogP contribution is 2.47. The van der Waals surface area contributed by atoms with Gasteiger partial charge < -0.3 is 0 Å². The van der Waals surface area contributed by atoms with Gasteiger partial charge in [0.2, 0.25) is 0 Å². The van der Waals surface area contributed by atoms with Crippen molar-refractivity contribution in [1.29, 1.82) is 0 Å². The molecule has 35 heavy (non-hydrogen) atoms. The summed E-state index contributed by atoms with van der Waals surface area (Å²) in [5.41, 5.74) is 10.5. The minimum absolute atomic E-state index is 0.0224. The van der Waals surface area contributed by atoms with Crippen molar-refractivity contribution in [1.82, 2.24) is 9.97 Å². The molecule has 0 radical (unpaired) electrons. The first-order valence-electron chi connectivity index (χ1n) is 12.9. The predicted octanol–water partition coefficient (Wildman–Crippen LogP) is 9.52. The fourth-order valence-corrected chi connectivity index (χ4v) is 6.99. The Bertz CT molecular complexity index is 1610. The molecule has 0 saturated heterocycles. The number of benzene rings is 3. The van der Waals surface area contributed by atoms with E-state index in [-0.39, 0.29) is 17.6 Å². The van der Waals surface area contributed by atoms with Crippen LogP contribution in [0.4, 0.5) is 0 Å². The molecule has 2 nitrogen and oxygen atoms in total. The number of thiophene rings is 1. The monoisotopic (exact) mass is 479 g/mol. The topological polar surface area (TPSA) is 25.8 Å². The molecule has 5 rings (SSSR count). The van der Waals surface area contributed by atoms with E-state index in [1.807, 2.05) is 0 Å². The van der Waals surface area contributed by atoms with Crippen molar-refractivity contribution < 1.29 is 1.37 Å². The average Bonchev–Trinajstić information content (AvgIpc) is 3.15. The minimum atomic E-state index is -0.0224. The maximum atomic E-state index is 8.55. The number of fused-ring (bicyclic) bond motifs is 2. The van der Waals surface area contributed by atoms with Gasteiger partial charge in [-0.1, -0.05) is 76.6 Å². The Morgan fingerprint density at radius 2 is 1.60 bits per heavy atom. The summed E-state index contributed by atoms with van der Waals surface area (Å²) in [6, 6.07) is 17.6. The molecule has 0 spiro atoms. The van der Waals surface area contributed by atoms with E-state index in [9.17, 15) is 0 Å². The fraction of sp³-hybridized carbons (Fsp3) is 0.312. The number of nitrogens with zero attached hydrogens (tertiary/aromatic N) is 2. The van der Waals surface area contributed by atoms with Gasteiger partial charge in [0, 0.05) is 10.4 Å². The van der Waals surface area contributed by atoms with Gasteiger partial charge in [0.1, 0.15) is 7.67 Å². The SMILES string of the molecule is [2H]c1nc(-c2cc(C(C)(C)C)c3ccccc3c2)c2sc(-c3c(C)cc(C)cc3C)c(C(C)C)c2n1. The van der Waals surface area contributed by atoms with Gasteiger partial charge in [-0.25, -0.2) is 9.97 Å². The molecule has 2 heterocycles. The summed E-state index contributed by atoms with van der Waals surface area (Å²) >= 11 is 1.78. The maximum Gasteiger partial charge on any atom is 0.116 e. The molecule has 0 atom stereocenters. The molecule has 0 fully saturated rings. The van der Waals surface area contributed by atoms with E-state index in [0.29, 0.717) is 0 Å². The van der Waals surface area contributed by atoms with Crippen LogP contribution in [-0.2, 0) is 5.41 Å². The van der Waals surface area contributed by atoms with Crippen LogP contribution >= 0.6 is 11.3 Å². The molecule has 0 bridgehead atoms. The Balaban J connectivity index is 1.88. The third-order valence-electron chi connectivity index (χ3n) is 6.88. The third-order valence-corrected chi connectivity index (χ3v) is 8.10. The van der Waals surface area contributed by atoms with E-state index >= 15 is 0 Å². The second-order valence-electron chi connectivity index (χ2n) is 11.1. The number of aryl methyl sites for hydroxylation is 3. The first kappa shape index (κ1) is 22.4. The average molecular weight is 480 g/mol. The van der Waals surface area contributed by atoms with Crippen LogP contribution in [0.3, 0.4) is 0 Å². The Labute approximate surface area is 214 Å². The second-order valence-corrected chi connectivity index (χ2v) is 12.1. The van der Waals surface area contributed by atoms with Crippen molar-refractivity contribution in [3.05, 3.63) is 82.7 Å². The van der Waals surface area contributed by atoms with Gasteiger partial charge in [-0.2, -0.15) is 0 Å². The van der Waals surface area contributed by atoms with Gasteiger partial charge in [0.15, 0.2) is 0 Å². The first-order chi connectivity index (χ1) is 17.0. The lowest BCUT2D eigenvalue weighted by Gasteiger charge is -2.22. The summed E-state index contributed by atoms with van der Waals surface area (Å²) in [5, 5.41) is 2.47. The highest BCUT2D eigenvalue weighted by Gasteiger charge is 2.24. The molecule has 0 N–H and O–H groups in total. The van der Waals surface area contributed by atoms with Crippen molar-refractivity contribution in [2.45, 2.75) is 66.7 Å². The molecule has 5 aromatic rings. The van der Waals surface area contributed by atoms with Crippen LogP contribution < -0.4 is 0 Å². The van der Waals surface area contributed by atoms with E-state index < -0.39 is 0 Å². The van der Waals surface area contributed by atoms with E-state index in [2.05, 4.69) is 104 Å². The summed E-state index contributed by atoms with van der Waals surface area (Å²) in [4.78, 5) is 10.7. The van der Waals surface area contributed by atoms with E-state index in [0.717, 1.165) is 21.5 Å². The van der Waals surface area contributed by atoms with Crippen LogP contribution in [0.2, 0.25) is 0 Å². The van der Waals surface area contributed by atoms with E-state index in [1.54, 1.807) is 11.3 Å². The molecular weight excluding hydrogens is 444 g/mol. The van der Waals surface area contributed by atoms with E-state index in [4.69, 9.17) is 11.3 Å². The number of hydrogen-bond acceptors (Lipinski definition) is 3. The lowest BCUT2D eigenvalue weighted by Crippen LogP contribution is -2.12. The van der Waals surface area contributed by atoms with Crippen LogP contribution in [-0.4, -0.2) is 9.97 Å². The normalized spacial score (nSPS) is 12.7. The molecule has 0 aliphatic heterocycles. The van der Waals surface area contributed by atoms with Gasteiger partial charge in [-0.3, -0.25) is 0 Å². The molecular formula is C32H34N2S. The molecule has 3 heteroatoms. The molecule has 0 saturated carbocycles. The molecule has 0 unspecified atom stereocenters. The number of hydrogen-bond donors (Lipinski definition) is 0. The smallest absolute Gasteiger partial charge is 0.116 e. The Kier molecular flexibility index (Phi) is 5.49. The third kappa shape index (κ3) is 4.06. The number of aromatic nitrogens is 2. The Hall–Kier alpha value is -3.04. The van der Waals surface area contributed by atoms with Crippen LogP contribution in [0.25, 0.3) is 42.7 Å². The zero-order chi connectivity index (χ0) is 25.9. The standard InChI is InChI=1S/C32H34N2S/c1-18(2)26-29-31(35-30(26)27-20(4)13-19(3)14-21(27)5)28(33-17-34-29)23-15-22-11-9-10-12-24(22)25(16-23)32(6,7)8/h9-18H,1-8H3/i17D. The molecule has 0 aliphatic rings.